The standard InChI is InChI=1S/C7H8N2O/c1-8-6-7-4-2-3-5-9(7)10-8/h2-6H,1H3. The molecular formula is C7H8N2O. The first kappa shape index (κ1) is 5.56. The molecule has 0 aromatic heterocycles. The van der Waals surface area contributed by atoms with Gasteiger partial charge in [-0.15, -0.1) is 4.94 Å². The lowest BCUT2D eigenvalue weighted by atomic mass is 10.3. The predicted octanol–water partition coefficient (Wildman–Crippen LogP) is 1.01. The molecule has 0 aromatic carbocycles. The van der Waals surface area contributed by atoms with E-state index in [4.69, 9.17) is 4.94 Å². The lowest BCUT2D eigenvalue weighted by molar-refractivity contribution is -0.226. The Morgan fingerprint density at radius 2 is 2.30 bits per heavy atom. The Morgan fingerprint density at radius 3 is 3.10 bits per heavy atom. The number of hydrogen-bond acceptors (Lipinski definition) is 3. The lowest BCUT2D eigenvalue weighted by Gasteiger charge is -2.15. The average molecular weight is 136 g/mol. The molecule has 0 N–H and O–H groups in total. The summed E-state index contributed by atoms with van der Waals surface area (Å²) in [5.74, 6) is 0. The van der Waals surface area contributed by atoms with Gasteiger partial charge in [-0.2, -0.15) is 0 Å². The van der Waals surface area contributed by atoms with Gasteiger partial charge in [0.05, 0.1) is 11.9 Å². The normalized spacial score (nSPS) is 21.5. The van der Waals surface area contributed by atoms with E-state index in [2.05, 4.69) is 0 Å². The highest BCUT2D eigenvalue weighted by Crippen LogP contribution is 2.19. The van der Waals surface area contributed by atoms with Crippen molar-refractivity contribution in [3.63, 3.8) is 0 Å². The van der Waals surface area contributed by atoms with Gasteiger partial charge in [-0.3, -0.25) is 0 Å². The first-order valence-electron chi connectivity index (χ1n) is 3.13. The van der Waals surface area contributed by atoms with E-state index >= 15 is 0 Å². The van der Waals surface area contributed by atoms with Crippen molar-refractivity contribution in [2.24, 2.45) is 0 Å². The van der Waals surface area contributed by atoms with E-state index in [0.717, 1.165) is 5.70 Å². The summed E-state index contributed by atoms with van der Waals surface area (Å²) in [5, 5.41) is 3.37. The molecule has 3 nitrogen and oxygen atoms in total. The average Bonchev–Trinajstić information content (AvgIpc) is 2.27. The van der Waals surface area contributed by atoms with E-state index < -0.39 is 0 Å². The van der Waals surface area contributed by atoms with Gasteiger partial charge in [-0.25, -0.2) is 10.1 Å². The van der Waals surface area contributed by atoms with Crippen molar-refractivity contribution in [1.29, 1.82) is 0 Å². The third kappa shape index (κ3) is 0.717. The summed E-state index contributed by atoms with van der Waals surface area (Å²) in [7, 11) is 1.85. The molecule has 0 radical (unpaired) electrons. The molecule has 0 fully saturated rings. The van der Waals surface area contributed by atoms with Crippen LogP contribution in [0.3, 0.4) is 0 Å². The Bertz CT molecular complexity index is 230. The van der Waals surface area contributed by atoms with Gasteiger partial charge >= 0.3 is 0 Å². The number of allylic oxidation sites excluding steroid dienone is 3. The van der Waals surface area contributed by atoms with E-state index in [1.165, 1.54) is 0 Å². The molecule has 0 saturated heterocycles. The Morgan fingerprint density at radius 1 is 1.40 bits per heavy atom. The molecule has 0 amide bonds. The van der Waals surface area contributed by atoms with Crippen LogP contribution in [0.25, 0.3) is 0 Å². The van der Waals surface area contributed by atoms with Gasteiger partial charge in [-0.1, -0.05) is 6.08 Å². The lowest BCUT2D eigenvalue weighted by Crippen LogP contribution is -2.16. The Kier molecular flexibility index (Phi) is 1.05. The maximum absolute atomic E-state index is 5.20. The van der Waals surface area contributed by atoms with Crippen molar-refractivity contribution in [2.45, 2.75) is 0 Å². The quantitative estimate of drug-likeness (QED) is 0.494. The molecule has 0 atom stereocenters. The summed E-state index contributed by atoms with van der Waals surface area (Å²) in [6, 6.07) is 0. The highest BCUT2D eigenvalue weighted by Gasteiger charge is 2.16. The van der Waals surface area contributed by atoms with Crippen LogP contribution in [0.5, 0.6) is 0 Å². The van der Waals surface area contributed by atoms with Crippen LogP contribution in [0.2, 0.25) is 0 Å². The van der Waals surface area contributed by atoms with E-state index in [9.17, 15) is 0 Å². The number of nitrogens with zero attached hydrogens (tertiary/aromatic N) is 2. The van der Waals surface area contributed by atoms with E-state index in [1.807, 2.05) is 37.7 Å². The van der Waals surface area contributed by atoms with Gasteiger partial charge < -0.3 is 0 Å². The molecule has 52 valence electrons. The van der Waals surface area contributed by atoms with E-state index in [-0.39, 0.29) is 0 Å². The molecule has 2 aliphatic rings. The van der Waals surface area contributed by atoms with Gasteiger partial charge in [-0.05, 0) is 12.2 Å². The Labute approximate surface area is 59.4 Å². The third-order valence-electron chi connectivity index (χ3n) is 1.38. The van der Waals surface area contributed by atoms with Crippen LogP contribution in [0.4, 0.5) is 0 Å². The monoisotopic (exact) mass is 136 g/mol. The van der Waals surface area contributed by atoms with Crippen molar-refractivity contribution in [3.05, 3.63) is 36.3 Å². The molecule has 2 heterocycles. The fourth-order valence-corrected chi connectivity index (χ4v) is 0.964. The second kappa shape index (κ2) is 1.88. The highest BCUT2D eigenvalue weighted by atomic mass is 16.8. The Hall–Kier alpha value is -1.22. The van der Waals surface area contributed by atoms with Crippen LogP contribution in [0.1, 0.15) is 0 Å². The van der Waals surface area contributed by atoms with Crippen molar-refractivity contribution in [3.8, 4) is 0 Å². The summed E-state index contributed by atoms with van der Waals surface area (Å²) >= 11 is 0. The summed E-state index contributed by atoms with van der Waals surface area (Å²) in [6.07, 6.45) is 9.68. The second-order valence-electron chi connectivity index (χ2n) is 2.21. The number of rotatable bonds is 0. The summed E-state index contributed by atoms with van der Waals surface area (Å²) in [5.41, 5.74) is 1.06. The maximum atomic E-state index is 5.20. The highest BCUT2D eigenvalue weighted by molar-refractivity contribution is 5.26. The van der Waals surface area contributed by atoms with Crippen LogP contribution in [-0.4, -0.2) is 17.2 Å². The zero-order valence-electron chi connectivity index (χ0n) is 5.69. The number of hydroxylamine groups is 4. The van der Waals surface area contributed by atoms with Crippen LogP contribution < -0.4 is 0 Å². The molecule has 3 heteroatoms. The fraction of sp³-hybridized carbons (Fsp3) is 0.143. The second-order valence-corrected chi connectivity index (χ2v) is 2.21. The van der Waals surface area contributed by atoms with Gasteiger partial charge in [0, 0.05) is 13.2 Å². The third-order valence-corrected chi connectivity index (χ3v) is 1.38. The summed E-state index contributed by atoms with van der Waals surface area (Å²) in [6.45, 7) is 0. The fourth-order valence-electron chi connectivity index (χ4n) is 0.964. The minimum atomic E-state index is 1.06. The van der Waals surface area contributed by atoms with E-state index in [0.29, 0.717) is 0 Å². The van der Waals surface area contributed by atoms with Gasteiger partial charge in [0.15, 0.2) is 0 Å². The summed E-state index contributed by atoms with van der Waals surface area (Å²) in [4.78, 5) is 5.20. The molecular weight excluding hydrogens is 128 g/mol. The molecule has 10 heavy (non-hydrogen) atoms. The molecule has 2 rings (SSSR count). The zero-order chi connectivity index (χ0) is 6.97. The minimum Gasteiger partial charge on any atom is -0.237 e. The Balaban J connectivity index is 2.29. The van der Waals surface area contributed by atoms with Crippen molar-refractivity contribution >= 4 is 0 Å². The van der Waals surface area contributed by atoms with Crippen LogP contribution in [-0.2, 0) is 4.94 Å². The molecule has 0 aliphatic carbocycles. The van der Waals surface area contributed by atoms with Crippen LogP contribution in [0, 0.1) is 0 Å². The topological polar surface area (TPSA) is 15.7 Å². The van der Waals surface area contributed by atoms with Crippen LogP contribution >= 0.6 is 0 Å². The SMILES string of the molecule is CN1C=C2C=CC=CN2O1. The summed E-state index contributed by atoms with van der Waals surface area (Å²) < 4.78 is 0. The zero-order valence-corrected chi connectivity index (χ0v) is 5.69. The largest absolute Gasteiger partial charge is 0.237 e. The first-order chi connectivity index (χ1) is 4.86. The minimum absolute atomic E-state index is 1.06. The molecule has 2 aliphatic heterocycles. The molecule has 0 saturated carbocycles. The predicted molar refractivity (Wildman–Crippen MR) is 37.0 cm³/mol. The maximum Gasteiger partial charge on any atom is 0.0897 e. The first-order valence-corrected chi connectivity index (χ1v) is 3.13. The smallest absolute Gasteiger partial charge is 0.0897 e. The number of fused-ring (bicyclic) bond motifs is 1. The van der Waals surface area contributed by atoms with Crippen molar-refractivity contribution < 1.29 is 4.94 Å². The van der Waals surface area contributed by atoms with Crippen LogP contribution in [0.15, 0.2) is 36.3 Å². The van der Waals surface area contributed by atoms with Crippen molar-refractivity contribution in [2.75, 3.05) is 7.05 Å². The molecule has 0 aromatic rings. The molecule has 0 unspecified atom stereocenters. The number of hydrogen-bond donors (Lipinski definition) is 0. The molecule has 0 bridgehead atoms. The molecule has 0 spiro atoms. The van der Waals surface area contributed by atoms with Gasteiger partial charge in [0.2, 0.25) is 0 Å². The van der Waals surface area contributed by atoms with Gasteiger partial charge in [0.1, 0.15) is 0 Å². The van der Waals surface area contributed by atoms with Crippen molar-refractivity contribution in [1.82, 2.24) is 10.1 Å². The van der Waals surface area contributed by atoms with Gasteiger partial charge in [0.25, 0.3) is 0 Å². The van der Waals surface area contributed by atoms with E-state index in [1.54, 1.807) is 10.1 Å².